The van der Waals surface area contributed by atoms with E-state index < -0.39 is 0 Å². The van der Waals surface area contributed by atoms with Crippen molar-refractivity contribution >= 4 is 11.7 Å². The Hall–Kier alpha value is -2.34. The van der Waals surface area contributed by atoms with Gasteiger partial charge in [-0.1, -0.05) is 19.9 Å². The standard InChI is InChI=1S/C18H25N3O3/c1-11(2)7-15(9-22)21-18(23)20-14-6-5-12(3)16(8-14)17-19-13(4)10-24-17/h5-6,8,10-11,15,22H,7,9H2,1-4H3,(H2,20,21,23). The highest BCUT2D eigenvalue weighted by Gasteiger charge is 2.14. The van der Waals surface area contributed by atoms with Crippen LogP contribution in [0.15, 0.2) is 28.9 Å². The molecule has 0 radical (unpaired) electrons. The second-order valence-electron chi connectivity index (χ2n) is 6.43. The van der Waals surface area contributed by atoms with E-state index in [0.717, 1.165) is 23.2 Å². The van der Waals surface area contributed by atoms with E-state index in [9.17, 15) is 9.90 Å². The number of aliphatic hydroxyl groups excluding tert-OH is 1. The molecule has 6 nitrogen and oxygen atoms in total. The van der Waals surface area contributed by atoms with E-state index >= 15 is 0 Å². The number of urea groups is 1. The predicted molar refractivity (Wildman–Crippen MR) is 93.9 cm³/mol. The van der Waals surface area contributed by atoms with Gasteiger partial charge in [0.1, 0.15) is 6.26 Å². The number of aryl methyl sites for hydroxylation is 2. The smallest absolute Gasteiger partial charge is 0.319 e. The van der Waals surface area contributed by atoms with E-state index in [1.165, 1.54) is 0 Å². The zero-order chi connectivity index (χ0) is 17.7. The van der Waals surface area contributed by atoms with Crippen molar-refractivity contribution in [1.29, 1.82) is 0 Å². The highest BCUT2D eigenvalue weighted by atomic mass is 16.3. The molecule has 1 unspecified atom stereocenters. The number of aliphatic hydroxyl groups is 1. The molecule has 0 bridgehead atoms. The maximum absolute atomic E-state index is 12.1. The number of oxazole rings is 1. The average molecular weight is 331 g/mol. The lowest BCUT2D eigenvalue weighted by atomic mass is 10.0. The van der Waals surface area contributed by atoms with Crippen LogP contribution in [0.25, 0.3) is 11.5 Å². The second kappa shape index (κ2) is 7.97. The molecule has 1 heterocycles. The first-order valence-electron chi connectivity index (χ1n) is 8.10. The Kier molecular flexibility index (Phi) is 5.98. The largest absolute Gasteiger partial charge is 0.444 e. The molecule has 0 fully saturated rings. The van der Waals surface area contributed by atoms with Crippen molar-refractivity contribution in [2.45, 2.75) is 40.2 Å². The highest BCUT2D eigenvalue weighted by molar-refractivity contribution is 5.90. The number of hydrogen-bond acceptors (Lipinski definition) is 4. The summed E-state index contributed by atoms with van der Waals surface area (Å²) in [6.07, 6.45) is 2.32. The molecule has 0 saturated heterocycles. The molecule has 3 N–H and O–H groups in total. The fraction of sp³-hybridized carbons (Fsp3) is 0.444. The molecule has 0 spiro atoms. The number of carbonyl (C=O) groups is 1. The third-order valence-electron chi connectivity index (χ3n) is 3.66. The normalized spacial score (nSPS) is 12.2. The number of anilines is 1. The van der Waals surface area contributed by atoms with E-state index in [4.69, 9.17) is 4.42 Å². The van der Waals surface area contributed by atoms with Gasteiger partial charge in [-0.25, -0.2) is 9.78 Å². The summed E-state index contributed by atoms with van der Waals surface area (Å²) in [6.45, 7) is 7.84. The summed E-state index contributed by atoms with van der Waals surface area (Å²) in [6, 6.07) is 4.96. The van der Waals surface area contributed by atoms with Gasteiger partial charge in [-0.15, -0.1) is 0 Å². The zero-order valence-electron chi connectivity index (χ0n) is 14.6. The van der Waals surface area contributed by atoms with Crippen molar-refractivity contribution in [2.24, 2.45) is 5.92 Å². The number of nitrogens with one attached hydrogen (secondary N) is 2. The molecule has 0 aliphatic heterocycles. The second-order valence-corrected chi connectivity index (χ2v) is 6.43. The summed E-state index contributed by atoms with van der Waals surface area (Å²) in [5.41, 5.74) is 3.29. The summed E-state index contributed by atoms with van der Waals surface area (Å²) in [5, 5.41) is 14.9. The molecule has 0 saturated carbocycles. The maximum atomic E-state index is 12.1. The van der Waals surface area contributed by atoms with E-state index in [-0.39, 0.29) is 18.7 Å². The highest BCUT2D eigenvalue weighted by Crippen LogP contribution is 2.26. The minimum absolute atomic E-state index is 0.0830. The fourth-order valence-electron chi connectivity index (χ4n) is 2.51. The topological polar surface area (TPSA) is 87.4 Å². The Labute approximate surface area is 142 Å². The van der Waals surface area contributed by atoms with Gasteiger partial charge in [0.2, 0.25) is 5.89 Å². The minimum atomic E-state index is -0.340. The minimum Gasteiger partial charge on any atom is -0.444 e. The third kappa shape index (κ3) is 4.83. The summed E-state index contributed by atoms with van der Waals surface area (Å²) >= 11 is 0. The monoisotopic (exact) mass is 331 g/mol. The van der Waals surface area contributed by atoms with Crippen LogP contribution in [-0.2, 0) is 0 Å². The van der Waals surface area contributed by atoms with Crippen molar-refractivity contribution in [1.82, 2.24) is 10.3 Å². The van der Waals surface area contributed by atoms with E-state index in [2.05, 4.69) is 15.6 Å². The van der Waals surface area contributed by atoms with Crippen LogP contribution in [0.3, 0.4) is 0 Å². The number of nitrogens with zero attached hydrogens (tertiary/aromatic N) is 1. The van der Waals surface area contributed by atoms with Crippen LogP contribution in [0.1, 0.15) is 31.5 Å². The van der Waals surface area contributed by atoms with Crippen molar-refractivity contribution in [3.05, 3.63) is 35.7 Å². The van der Waals surface area contributed by atoms with Gasteiger partial charge in [-0.05, 0) is 43.9 Å². The van der Waals surface area contributed by atoms with E-state index in [1.54, 1.807) is 6.26 Å². The van der Waals surface area contributed by atoms with Crippen molar-refractivity contribution in [3.8, 4) is 11.5 Å². The first-order valence-corrected chi connectivity index (χ1v) is 8.10. The molecular formula is C18H25N3O3. The molecule has 24 heavy (non-hydrogen) atoms. The molecule has 2 aromatic rings. The Bertz CT molecular complexity index is 695. The van der Waals surface area contributed by atoms with Crippen LogP contribution < -0.4 is 10.6 Å². The molecular weight excluding hydrogens is 306 g/mol. The molecule has 1 atom stereocenters. The van der Waals surface area contributed by atoms with Gasteiger partial charge in [0.25, 0.3) is 0 Å². The molecule has 6 heteroatoms. The maximum Gasteiger partial charge on any atom is 0.319 e. The summed E-state index contributed by atoms with van der Waals surface area (Å²) in [5.74, 6) is 0.920. The molecule has 1 aromatic carbocycles. The van der Waals surface area contributed by atoms with Gasteiger partial charge in [0, 0.05) is 11.3 Å². The SMILES string of the molecule is Cc1coc(-c2cc(NC(=O)NC(CO)CC(C)C)ccc2C)n1. The number of hydrogen-bond donors (Lipinski definition) is 3. The Morgan fingerprint density at radius 1 is 1.33 bits per heavy atom. The number of benzene rings is 1. The molecule has 2 rings (SSSR count). The first-order chi connectivity index (χ1) is 11.4. The van der Waals surface area contributed by atoms with Crippen molar-refractivity contribution in [2.75, 3.05) is 11.9 Å². The van der Waals surface area contributed by atoms with Crippen LogP contribution >= 0.6 is 0 Å². The number of aromatic nitrogens is 1. The van der Waals surface area contributed by atoms with Crippen LogP contribution in [-0.4, -0.2) is 28.8 Å². The predicted octanol–water partition coefficient (Wildman–Crippen LogP) is 3.49. The van der Waals surface area contributed by atoms with Crippen molar-refractivity contribution < 1.29 is 14.3 Å². The molecule has 0 aliphatic rings. The lowest BCUT2D eigenvalue weighted by molar-refractivity contribution is 0.214. The number of amides is 2. The third-order valence-corrected chi connectivity index (χ3v) is 3.66. The van der Waals surface area contributed by atoms with Gasteiger partial charge in [0.05, 0.1) is 18.3 Å². The van der Waals surface area contributed by atoms with Crippen LogP contribution in [0.5, 0.6) is 0 Å². The first kappa shape index (κ1) is 18.0. The Morgan fingerprint density at radius 2 is 2.08 bits per heavy atom. The van der Waals surface area contributed by atoms with Crippen LogP contribution in [0.4, 0.5) is 10.5 Å². The van der Waals surface area contributed by atoms with Gasteiger partial charge >= 0.3 is 6.03 Å². The average Bonchev–Trinajstić information content (AvgIpc) is 2.94. The number of rotatable bonds is 6. The molecule has 1 aromatic heterocycles. The quantitative estimate of drug-likeness (QED) is 0.756. The Morgan fingerprint density at radius 3 is 2.67 bits per heavy atom. The lowest BCUT2D eigenvalue weighted by Gasteiger charge is -2.18. The van der Waals surface area contributed by atoms with E-state index in [1.807, 2.05) is 45.9 Å². The summed E-state index contributed by atoms with van der Waals surface area (Å²) < 4.78 is 5.44. The van der Waals surface area contributed by atoms with Gasteiger partial charge < -0.3 is 20.2 Å². The number of carbonyl (C=O) groups excluding carboxylic acids is 1. The van der Waals surface area contributed by atoms with Gasteiger partial charge in [-0.3, -0.25) is 0 Å². The molecule has 130 valence electrons. The summed E-state index contributed by atoms with van der Waals surface area (Å²) in [4.78, 5) is 16.5. The molecule has 0 aliphatic carbocycles. The van der Waals surface area contributed by atoms with Crippen molar-refractivity contribution in [3.63, 3.8) is 0 Å². The summed E-state index contributed by atoms with van der Waals surface area (Å²) in [7, 11) is 0. The van der Waals surface area contributed by atoms with Gasteiger partial charge in [0.15, 0.2) is 0 Å². The Balaban J connectivity index is 2.08. The van der Waals surface area contributed by atoms with E-state index in [0.29, 0.717) is 17.5 Å². The zero-order valence-corrected chi connectivity index (χ0v) is 14.6. The molecule has 2 amide bonds. The van der Waals surface area contributed by atoms with Crippen LogP contribution in [0.2, 0.25) is 0 Å². The van der Waals surface area contributed by atoms with Crippen LogP contribution in [0, 0.1) is 19.8 Å². The lowest BCUT2D eigenvalue weighted by Crippen LogP contribution is -2.40. The fourth-order valence-corrected chi connectivity index (χ4v) is 2.51. The van der Waals surface area contributed by atoms with Gasteiger partial charge in [-0.2, -0.15) is 0 Å².